The van der Waals surface area contributed by atoms with E-state index in [1.54, 1.807) is 18.4 Å². The lowest BCUT2D eigenvalue weighted by Gasteiger charge is -2.15. The third-order valence-electron chi connectivity index (χ3n) is 3.48. The highest BCUT2D eigenvalue weighted by atomic mass is 32.1. The van der Waals surface area contributed by atoms with E-state index in [1.165, 1.54) is 15.8 Å². The molecule has 0 saturated carbocycles. The minimum Gasteiger partial charge on any atom is -0.493 e. The van der Waals surface area contributed by atoms with Crippen molar-refractivity contribution in [2.45, 2.75) is 40.0 Å². The van der Waals surface area contributed by atoms with Gasteiger partial charge >= 0.3 is 0 Å². The molecule has 0 amide bonds. The fourth-order valence-corrected chi connectivity index (χ4v) is 3.69. The van der Waals surface area contributed by atoms with Crippen molar-refractivity contribution in [1.29, 1.82) is 0 Å². The molecule has 2 rings (SSSR count). The summed E-state index contributed by atoms with van der Waals surface area (Å²) < 4.78 is 12.3. The molecule has 0 aliphatic heterocycles. The van der Waals surface area contributed by atoms with Crippen LogP contribution in [0, 0.1) is 6.92 Å². The van der Waals surface area contributed by atoms with E-state index in [9.17, 15) is 0 Å². The van der Waals surface area contributed by atoms with Gasteiger partial charge < -0.3 is 14.8 Å². The van der Waals surface area contributed by atoms with Crippen LogP contribution in [0.5, 0.6) is 5.75 Å². The molecule has 0 fully saturated rings. The van der Waals surface area contributed by atoms with Crippen molar-refractivity contribution >= 4 is 26.7 Å². The summed E-state index contributed by atoms with van der Waals surface area (Å²) in [5.41, 5.74) is 3.52. The Morgan fingerprint density at radius 2 is 2.09 bits per heavy atom. The van der Waals surface area contributed by atoms with Gasteiger partial charge in [0.25, 0.3) is 0 Å². The van der Waals surface area contributed by atoms with Gasteiger partial charge in [0.1, 0.15) is 5.75 Å². The lowest BCUT2D eigenvalue weighted by molar-refractivity contribution is 0.211. The van der Waals surface area contributed by atoms with Crippen molar-refractivity contribution in [2.75, 3.05) is 32.2 Å². The molecule has 122 valence electrons. The number of nitrogens with zero attached hydrogens (tertiary/aromatic N) is 1. The van der Waals surface area contributed by atoms with E-state index < -0.39 is 0 Å². The summed E-state index contributed by atoms with van der Waals surface area (Å²) in [7, 11) is 1.71. The van der Waals surface area contributed by atoms with Gasteiger partial charge in [-0.05, 0) is 30.9 Å². The Kier molecular flexibility index (Phi) is 6.03. The molecule has 0 spiro atoms. The number of nitrogens with one attached hydrogen (secondary N) is 1. The maximum Gasteiger partial charge on any atom is 0.183 e. The Bertz CT molecular complexity index is 623. The first-order valence-electron chi connectivity index (χ1n) is 7.88. The first kappa shape index (κ1) is 17.0. The molecular formula is C17H26N2O2S. The van der Waals surface area contributed by atoms with Crippen LogP contribution in [0.25, 0.3) is 10.2 Å². The first-order chi connectivity index (χ1) is 10.6. The number of hydrogen-bond donors (Lipinski definition) is 1. The molecule has 1 aromatic heterocycles. The zero-order chi connectivity index (χ0) is 16.1. The van der Waals surface area contributed by atoms with Gasteiger partial charge in [-0.25, -0.2) is 4.98 Å². The Morgan fingerprint density at radius 1 is 1.32 bits per heavy atom. The fourth-order valence-electron chi connectivity index (χ4n) is 2.44. The third kappa shape index (κ3) is 3.70. The SMILES string of the molecule is CCCOc1cc(C)c2nc(NCCOC)sc2c1C(C)C. The molecular weight excluding hydrogens is 296 g/mol. The number of anilines is 1. The number of rotatable bonds is 8. The molecule has 0 unspecified atom stereocenters. The summed E-state index contributed by atoms with van der Waals surface area (Å²) in [4.78, 5) is 4.74. The monoisotopic (exact) mass is 322 g/mol. The van der Waals surface area contributed by atoms with Gasteiger partial charge in [-0.15, -0.1) is 0 Å². The predicted octanol–water partition coefficient (Wildman–Crippen LogP) is 4.58. The highest BCUT2D eigenvalue weighted by molar-refractivity contribution is 7.22. The van der Waals surface area contributed by atoms with E-state index in [1.807, 2.05) is 0 Å². The number of fused-ring (bicyclic) bond motifs is 1. The second-order valence-corrected chi connectivity index (χ2v) is 6.72. The Balaban J connectivity index is 2.43. The van der Waals surface area contributed by atoms with Gasteiger partial charge in [0.15, 0.2) is 5.13 Å². The van der Waals surface area contributed by atoms with Crippen LogP contribution < -0.4 is 10.1 Å². The average molecular weight is 322 g/mol. The van der Waals surface area contributed by atoms with E-state index in [0.29, 0.717) is 12.5 Å². The van der Waals surface area contributed by atoms with Gasteiger partial charge in [0, 0.05) is 19.2 Å². The predicted molar refractivity (Wildman–Crippen MR) is 94.6 cm³/mol. The molecule has 0 bridgehead atoms. The highest BCUT2D eigenvalue weighted by Crippen LogP contribution is 2.40. The second kappa shape index (κ2) is 7.79. The lowest BCUT2D eigenvalue weighted by Crippen LogP contribution is -2.06. The minimum atomic E-state index is 0.405. The molecule has 2 aromatic rings. The number of ether oxygens (including phenoxy) is 2. The van der Waals surface area contributed by atoms with E-state index in [0.717, 1.165) is 36.0 Å². The van der Waals surface area contributed by atoms with Crippen molar-refractivity contribution in [1.82, 2.24) is 4.98 Å². The van der Waals surface area contributed by atoms with E-state index in [-0.39, 0.29) is 0 Å². The summed E-state index contributed by atoms with van der Waals surface area (Å²) >= 11 is 1.71. The van der Waals surface area contributed by atoms with Crippen LogP contribution in [0.4, 0.5) is 5.13 Å². The quantitative estimate of drug-likeness (QED) is 0.723. The molecule has 0 saturated heterocycles. The largest absolute Gasteiger partial charge is 0.493 e. The van der Waals surface area contributed by atoms with Crippen LogP contribution in [0.2, 0.25) is 0 Å². The lowest BCUT2D eigenvalue weighted by atomic mass is 9.99. The zero-order valence-electron chi connectivity index (χ0n) is 14.2. The van der Waals surface area contributed by atoms with Gasteiger partial charge in [-0.3, -0.25) is 0 Å². The van der Waals surface area contributed by atoms with Gasteiger partial charge in [0.05, 0.1) is 23.4 Å². The van der Waals surface area contributed by atoms with Crippen molar-refractivity contribution in [2.24, 2.45) is 0 Å². The Morgan fingerprint density at radius 3 is 2.73 bits per heavy atom. The van der Waals surface area contributed by atoms with Crippen LogP contribution >= 0.6 is 11.3 Å². The van der Waals surface area contributed by atoms with Crippen LogP contribution in [0.1, 0.15) is 44.2 Å². The number of aryl methyl sites for hydroxylation is 1. The maximum absolute atomic E-state index is 5.98. The molecule has 0 aliphatic rings. The zero-order valence-corrected chi connectivity index (χ0v) is 15.0. The Hall–Kier alpha value is -1.33. The molecule has 0 aliphatic carbocycles. The summed E-state index contributed by atoms with van der Waals surface area (Å²) in [6.07, 6.45) is 1.02. The van der Waals surface area contributed by atoms with Crippen molar-refractivity contribution < 1.29 is 9.47 Å². The van der Waals surface area contributed by atoms with Gasteiger partial charge in [-0.1, -0.05) is 32.1 Å². The number of thiazole rings is 1. The fraction of sp³-hybridized carbons (Fsp3) is 0.588. The molecule has 1 aromatic carbocycles. The van der Waals surface area contributed by atoms with Gasteiger partial charge in [-0.2, -0.15) is 0 Å². The van der Waals surface area contributed by atoms with E-state index in [4.69, 9.17) is 14.5 Å². The molecule has 0 atom stereocenters. The van der Waals surface area contributed by atoms with Crippen LogP contribution in [0.3, 0.4) is 0 Å². The van der Waals surface area contributed by atoms with Crippen molar-refractivity contribution in [3.05, 3.63) is 17.2 Å². The topological polar surface area (TPSA) is 43.4 Å². The summed E-state index contributed by atoms with van der Waals surface area (Å²) in [6, 6.07) is 2.13. The molecule has 5 heteroatoms. The Labute approximate surface area is 136 Å². The van der Waals surface area contributed by atoms with Crippen LogP contribution in [0.15, 0.2) is 6.07 Å². The number of aromatic nitrogens is 1. The van der Waals surface area contributed by atoms with Crippen LogP contribution in [-0.2, 0) is 4.74 Å². The molecule has 1 heterocycles. The standard InChI is InChI=1S/C17H26N2O2S/c1-6-8-21-13-10-12(4)15-16(14(13)11(2)3)22-17(19-15)18-7-9-20-5/h10-11H,6-9H2,1-5H3,(H,18,19). The molecule has 0 radical (unpaired) electrons. The van der Waals surface area contributed by atoms with Crippen LogP contribution in [-0.4, -0.2) is 31.9 Å². The number of benzene rings is 1. The number of hydrogen-bond acceptors (Lipinski definition) is 5. The number of methoxy groups -OCH3 is 1. The first-order valence-corrected chi connectivity index (χ1v) is 8.69. The van der Waals surface area contributed by atoms with E-state index >= 15 is 0 Å². The van der Waals surface area contributed by atoms with Gasteiger partial charge in [0.2, 0.25) is 0 Å². The molecule has 22 heavy (non-hydrogen) atoms. The smallest absolute Gasteiger partial charge is 0.183 e. The summed E-state index contributed by atoms with van der Waals surface area (Å²) in [5, 5.41) is 4.28. The maximum atomic E-state index is 5.98. The summed E-state index contributed by atoms with van der Waals surface area (Å²) in [6.45, 7) is 10.8. The minimum absolute atomic E-state index is 0.405. The normalized spacial score (nSPS) is 11.4. The second-order valence-electron chi connectivity index (χ2n) is 5.72. The average Bonchev–Trinajstić information content (AvgIpc) is 2.89. The third-order valence-corrected chi connectivity index (χ3v) is 4.53. The van der Waals surface area contributed by atoms with Crippen molar-refractivity contribution in [3.8, 4) is 5.75 Å². The highest BCUT2D eigenvalue weighted by Gasteiger charge is 2.18. The molecule has 4 nitrogen and oxygen atoms in total. The molecule has 1 N–H and O–H groups in total. The van der Waals surface area contributed by atoms with E-state index in [2.05, 4.69) is 39.1 Å². The van der Waals surface area contributed by atoms with Crippen molar-refractivity contribution in [3.63, 3.8) is 0 Å². The summed E-state index contributed by atoms with van der Waals surface area (Å²) in [5.74, 6) is 1.41.